The molecule has 0 aliphatic carbocycles. The second-order valence-corrected chi connectivity index (χ2v) is 6.29. The molecule has 0 spiro atoms. The number of hydrogen-bond donors (Lipinski definition) is 2. The molecule has 2 aromatic rings. The van der Waals surface area contributed by atoms with Crippen molar-refractivity contribution in [3.05, 3.63) is 36.5 Å². The zero-order chi connectivity index (χ0) is 14.6. The van der Waals surface area contributed by atoms with E-state index in [1.165, 1.54) is 6.26 Å². The number of aromatic nitrogens is 2. The van der Waals surface area contributed by atoms with Crippen LogP contribution in [-0.4, -0.2) is 37.7 Å². The molecular formula is C13H16N4O2S. The van der Waals surface area contributed by atoms with E-state index in [2.05, 4.69) is 15.3 Å². The predicted molar refractivity (Wildman–Crippen MR) is 78.1 cm³/mol. The lowest BCUT2D eigenvalue weighted by molar-refractivity contribution is 0.602. The Bertz CT molecular complexity index is 684. The summed E-state index contributed by atoms with van der Waals surface area (Å²) >= 11 is 0. The molecule has 0 amide bonds. The van der Waals surface area contributed by atoms with Crippen LogP contribution >= 0.6 is 0 Å². The van der Waals surface area contributed by atoms with Gasteiger partial charge < -0.3 is 11.1 Å². The summed E-state index contributed by atoms with van der Waals surface area (Å²) in [5, 5.41) is 3.00. The van der Waals surface area contributed by atoms with Gasteiger partial charge in [0, 0.05) is 31.1 Å². The molecule has 106 valence electrons. The maximum absolute atomic E-state index is 11.4. The molecule has 0 radical (unpaired) electrons. The summed E-state index contributed by atoms with van der Waals surface area (Å²) in [6, 6.07) is 8.36. The molecule has 0 unspecified atom stereocenters. The zero-order valence-corrected chi connectivity index (χ0v) is 11.9. The molecule has 3 N–H and O–H groups in total. The van der Waals surface area contributed by atoms with Crippen LogP contribution < -0.4 is 11.1 Å². The largest absolute Gasteiger partial charge is 0.353 e. The maximum Gasteiger partial charge on any atom is 0.223 e. The van der Waals surface area contributed by atoms with Gasteiger partial charge in [-0.3, -0.25) is 0 Å². The molecule has 6 nitrogen and oxygen atoms in total. The summed E-state index contributed by atoms with van der Waals surface area (Å²) in [4.78, 5) is 8.72. The van der Waals surface area contributed by atoms with E-state index in [0.29, 0.717) is 19.0 Å². The van der Waals surface area contributed by atoms with Gasteiger partial charge in [0.15, 0.2) is 9.84 Å². The summed E-state index contributed by atoms with van der Waals surface area (Å²) < 4.78 is 22.8. The van der Waals surface area contributed by atoms with E-state index >= 15 is 0 Å². The average Bonchev–Trinajstić information content (AvgIpc) is 2.45. The Morgan fingerprint density at radius 1 is 1.20 bits per heavy atom. The van der Waals surface area contributed by atoms with E-state index in [1.807, 2.05) is 0 Å². The molecule has 1 aromatic heterocycles. The summed E-state index contributed by atoms with van der Waals surface area (Å²) in [6.07, 6.45) is 2.83. The van der Waals surface area contributed by atoms with Gasteiger partial charge in [0.2, 0.25) is 5.95 Å². The van der Waals surface area contributed by atoms with Crippen molar-refractivity contribution in [2.24, 2.45) is 5.73 Å². The van der Waals surface area contributed by atoms with Crippen LogP contribution in [0.3, 0.4) is 0 Å². The van der Waals surface area contributed by atoms with E-state index < -0.39 is 9.84 Å². The van der Waals surface area contributed by atoms with Gasteiger partial charge in [-0.25, -0.2) is 18.4 Å². The fraction of sp³-hybridized carbons (Fsp3) is 0.231. The van der Waals surface area contributed by atoms with Crippen molar-refractivity contribution in [1.82, 2.24) is 9.97 Å². The molecule has 0 fully saturated rings. The first-order chi connectivity index (χ1) is 9.50. The Kier molecular flexibility index (Phi) is 4.31. The third-order valence-corrected chi connectivity index (χ3v) is 3.79. The highest BCUT2D eigenvalue weighted by Gasteiger charge is 2.07. The van der Waals surface area contributed by atoms with E-state index in [-0.39, 0.29) is 4.90 Å². The van der Waals surface area contributed by atoms with Crippen LogP contribution in [0, 0.1) is 0 Å². The molecule has 2 rings (SSSR count). The van der Waals surface area contributed by atoms with Crippen LogP contribution in [0.1, 0.15) is 0 Å². The Balaban J connectivity index is 2.27. The molecule has 0 saturated carbocycles. The van der Waals surface area contributed by atoms with Gasteiger partial charge in [-0.1, -0.05) is 12.1 Å². The monoisotopic (exact) mass is 292 g/mol. The van der Waals surface area contributed by atoms with E-state index in [9.17, 15) is 8.42 Å². The van der Waals surface area contributed by atoms with E-state index in [0.717, 1.165) is 11.3 Å². The Morgan fingerprint density at radius 3 is 2.50 bits per heavy atom. The highest BCUT2D eigenvalue weighted by Crippen LogP contribution is 2.20. The highest BCUT2D eigenvalue weighted by atomic mass is 32.2. The molecule has 0 aliphatic heterocycles. The second-order valence-electron chi connectivity index (χ2n) is 4.28. The van der Waals surface area contributed by atoms with E-state index in [4.69, 9.17) is 5.73 Å². The van der Waals surface area contributed by atoms with E-state index in [1.54, 1.807) is 36.5 Å². The lowest BCUT2D eigenvalue weighted by atomic mass is 10.1. The van der Waals surface area contributed by atoms with Crippen LogP contribution in [0.5, 0.6) is 0 Å². The number of rotatable bonds is 5. The average molecular weight is 292 g/mol. The van der Waals surface area contributed by atoms with Crippen molar-refractivity contribution in [3.63, 3.8) is 0 Å². The van der Waals surface area contributed by atoms with Crippen molar-refractivity contribution >= 4 is 15.8 Å². The van der Waals surface area contributed by atoms with Crippen molar-refractivity contribution in [1.29, 1.82) is 0 Å². The minimum Gasteiger partial charge on any atom is -0.353 e. The summed E-state index contributed by atoms with van der Waals surface area (Å²) in [5.74, 6) is 0.500. The summed E-state index contributed by atoms with van der Waals surface area (Å²) in [6.45, 7) is 1.09. The maximum atomic E-state index is 11.4. The quantitative estimate of drug-likeness (QED) is 0.850. The third kappa shape index (κ3) is 3.52. The van der Waals surface area contributed by atoms with Crippen molar-refractivity contribution in [2.75, 3.05) is 24.7 Å². The van der Waals surface area contributed by atoms with Gasteiger partial charge in [0.05, 0.1) is 10.6 Å². The molecule has 0 aliphatic rings. The number of hydrogen-bond acceptors (Lipinski definition) is 6. The Labute approximate surface area is 118 Å². The molecule has 0 saturated heterocycles. The number of nitrogens with zero attached hydrogens (tertiary/aromatic N) is 2. The van der Waals surface area contributed by atoms with Gasteiger partial charge in [0.1, 0.15) is 0 Å². The first-order valence-corrected chi connectivity index (χ1v) is 7.97. The van der Waals surface area contributed by atoms with Gasteiger partial charge in [0.25, 0.3) is 0 Å². The molecular weight excluding hydrogens is 276 g/mol. The minimum absolute atomic E-state index is 0.289. The van der Waals surface area contributed by atoms with Gasteiger partial charge in [-0.05, 0) is 18.2 Å². The van der Waals surface area contributed by atoms with Gasteiger partial charge in [-0.15, -0.1) is 0 Å². The summed E-state index contributed by atoms with van der Waals surface area (Å²) in [7, 11) is -3.18. The fourth-order valence-corrected chi connectivity index (χ4v) is 2.29. The lowest BCUT2D eigenvalue weighted by Crippen LogP contribution is -2.14. The SMILES string of the molecule is CS(=O)(=O)c1ccc(-c2ccnc(NCCN)n2)cc1. The van der Waals surface area contributed by atoms with Crippen LogP contribution in [0.25, 0.3) is 11.3 Å². The number of nitrogens with two attached hydrogens (primary N) is 1. The first kappa shape index (κ1) is 14.4. The molecule has 1 aromatic carbocycles. The predicted octanol–water partition coefficient (Wildman–Crippen LogP) is 0.918. The highest BCUT2D eigenvalue weighted by molar-refractivity contribution is 7.90. The number of benzene rings is 1. The van der Waals surface area contributed by atoms with Crippen LogP contribution in [0.4, 0.5) is 5.95 Å². The number of sulfone groups is 1. The first-order valence-electron chi connectivity index (χ1n) is 6.08. The third-order valence-electron chi connectivity index (χ3n) is 2.66. The smallest absolute Gasteiger partial charge is 0.223 e. The topological polar surface area (TPSA) is 98.0 Å². The van der Waals surface area contributed by atoms with Crippen LogP contribution in [-0.2, 0) is 9.84 Å². The van der Waals surface area contributed by atoms with Gasteiger partial charge >= 0.3 is 0 Å². The van der Waals surface area contributed by atoms with Crippen molar-refractivity contribution in [2.45, 2.75) is 4.90 Å². The second kappa shape index (κ2) is 5.98. The lowest BCUT2D eigenvalue weighted by Gasteiger charge is -2.06. The zero-order valence-electron chi connectivity index (χ0n) is 11.1. The fourth-order valence-electron chi connectivity index (χ4n) is 1.66. The number of nitrogens with one attached hydrogen (secondary N) is 1. The standard InChI is InChI=1S/C13H16N4O2S/c1-20(18,19)11-4-2-10(3-5-11)12-6-8-15-13(17-12)16-9-7-14/h2-6,8H,7,9,14H2,1H3,(H,15,16,17). The van der Waals surface area contributed by atoms with Crippen LogP contribution in [0.15, 0.2) is 41.4 Å². The Morgan fingerprint density at radius 2 is 1.90 bits per heavy atom. The molecule has 20 heavy (non-hydrogen) atoms. The molecule has 7 heteroatoms. The molecule has 1 heterocycles. The summed E-state index contributed by atoms with van der Waals surface area (Å²) in [5.41, 5.74) is 6.96. The van der Waals surface area contributed by atoms with Crippen LogP contribution in [0.2, 0.25) is 0 Å². The van der Waals surface area contributed by atoms with Crippen molar-refractivity contribution < 1.29 is 8.42 Å². The molecule has 0 bridgehead atoms. The Hall–Kier alpha value is -1.99. The molecule has 0 atom stereocenters. The minimum atomic E-state index is -3.18. The normalized spacial score (nSPS) is 11.3. The number of anilines is 1. The van der Waals surface area contributed by atoms with Crippen molar-refractivity contribution in [3.8, 4) is 11.3 Å². The van der Waals surface area contributed by atoms with Gasteiger partial charge in [-0.2, -0.15) is 0 Å².